The van der Waals surface area contributed by atoms with Gasteiger partial charge in [0.15, 0.2) is 0 Å². The summed E-state index contributed by atoms with van der Waals surface area (Å²) in [6.45, 7) is 3.88. The summed E-state index contributed by atoms with van der Waals surface area (Å²) < 4.78 is 60.2. The highest BCUT2D eigenvalue weighted by Gasteiger charge is 2.28. The van der Waals surface area contributed by atoms with Gasteiger partial charge < -0.3 is 4.74 Å². The normalized spacial score (nSPS) is 18.3. The Labute approximate surface area is 154 Å². The highest BCUT2D eigenvalue weighted by molar-refractivity contribution is 7.90. The molecule has 142 valence electrons. The topological polar surface area (TPSA) is 94.5 Å². The first-order chi connectivity index (χ1) is 12.2. The number of hydrogen-bond acceptors (Lipinski definition) is 5. The van der Waals surface area contributed by atoms with E-state index >= 15 is 0 Å². The second kappa shape index (κ2) is 7.15. The van der Waals surface area contributed by atoms with Crippen molar-refractivity contribution in [3.63, 3.8) is 0 Å². The van der Waals surface area contributed by atoms with Crippen LogP contribution in [0.2, 0.25) is 0 Å². The van der Waals surface area contributed by atoms with Gasteiger partial charge in [0, 0.05) is 18.8 Å². The molecule has 0 spiro atoms. The SMILES string of the molecule is Cc1cc(S(=O)(=O)NC[C@H]2CCCO2)c(C)n1S(=O)(=O)c1ccccc1. The Morgan fingerprint density at radius 2 is 1.85 bits per heavy atom. The molecule has 1 fully saturated rings. The molecule has 1 N–H and O–H groups in total. The van der Waals surface area contributed by atoms with Gasteiger partial charge in [0.1, 0.15) is 4.90 Å². The van der Waals surface area contributed by atoms with Crippen LogP contribution in [0.25, 0.3) is 0 Å². The molecule has 1 saturated heterocycles. The van der Waals surface area contributed by atoms with Crippen molar-refractivity contribution in [2.24, 2.45) is 0 Å². The van der Waals surface area contributed by atoms with Crippen LogP contribution in [0.15, 0.2) is 46.2 Å². The van der Waals surface area contributed by atoms with E-state index in [1.807, 2.05) is 0 Å². The van der Waals surface area contributed by atoms with E-state index in [-0.39, 0.29) is 28.1 Å². The van der Waals surface area contributed by atoms with Gasteiger partial charge in [-0.05, 0) is 44.9 Å². The number of aryl methyl sites for hydroxylation is 1. The second-order valence-corrected chi connectivity index (χ2v) is 9.83. The molecule has 1 aliphatic rings. The van der Waals surface area contributed by atoms with Crippen LogP contribution in [0.4, 0.5) is 0 Å². The fourth-order valence-electron chi connectivity index (χ4n) is 3.14. The van der Waals surface area contributed by atoms with Crippen LogP contribution in [-0.2, 0) is 24.8 Å². The van der Waals surface area contributed by atoms with Crippen LogP contribution in [-0.4, -0.2) is 40.1 Å². The lowest BCUT2D eigenvalue weighted by molar-refractivity contribution is 0.114. The molecular weight excluding hydrogens is 376 g/mol. The van der Waals surface area contributed by atoms with Crippen molar-refractivity contribution in [1.82, 2.24) is 8.69 Å². The molecule has 1 aliphatic heterocycles. The lowest BCUT2D eigenvalue weighted by atomic mass is 10.2. The van der Waals surface area contributed by atoms with Crippen molar-refractivity contribution in [2.45, 2.75) is 42.6 Å². The van der Waals surface area contributed by atoms with E-state index in [4.69, 9.17) is 4.74 Å². The van der Waals surface area contributed by atoms with Crippen LogP contribution in [0.5, 0.6) is 0 Å². The number of aromatic nitrogens is 1. The van der Waals surface area contributed by atoms with E-state index in [0.717, 1.165) is 16.8 Å². The molecule has 2 aromatic rings. The van der Waals surface area contributed by atoms with Crippen LogP contribution in [0, 0.1) is 13.8 Å². The highest BCUT2D eigenvalue weighted by atomic mass is 32.2. The number of sulfonamides is 1. The number of benzene rings is 1. The molecule has 0 saturated carbocycles. The Balaban J connectivity index is 1.95. The van der Waals surface area contributed by atoms with Crippen LogP contribution in [0.1, 0.15) is 24.2 Å². The minimum absolute atomic E-state index is 0.0347. The maximum Gasteiger partial charge on any atom is 0.268 e. The number of hydrogen-bond donors (Lipinski definition) is 1. The maximum atomic E-state index is 12.9. The average molecular weight is 399 g/mol. The summed E-state index contributed by atoms with van der Waals surface area (Å²) in [4.78, 5) is 0.0746. The van der Waals surface area contributed by atoms with E-state index < -0.39 is 20.0 Å². The Morgan fingerprint density at radius 3 is 2.46 bits per heavy atom. The van der Waals surface area contributed by atoms with Gasteiger partial charge in [-0.3, -0.25) is 0 Å². The van der Waals surface area contributed by atoms with Gasteiger partial charge in [0.25, 0.3) is 10.0 Å². The van der Waals surface area contributed by atoms with Gasteiger partial charge in [-0.15, -0.1) is 0 Å². The molecular formula is C17H22N2O5S2. The third-order valence-electron chi connectivity index (χ3n) is 4.42. The Kier molecular flexibility index (Phi) is 5.25. The minimum atomic E-state index is -3.87. The molecule has 9 heteroatoms. The summed E-state index contributed by atoms with van der Waals surface area (Å²) in [5.41, 5.74) is 0.495. The summed E-state index contributed by atoms with van der Waals surface area (Å²) in [7, 11) is -7.71. The number of rotatable bonds is 6. The average Bonchev–Trinajstić information content (AvgIpc) is 3.22. The Hall–Kier alpha value is -1.68. The van der Waals surface area contributed by atoms with Gasteiger partial charge >= 0.3 is 0 Å². The predicted molar refractivity (Wildman–Crippen MR) is 97.1 cm³/mol. The molecule has 0 aliphatic carbocycles. The zero-order valence-corrected chi connectivity index (χ0v) is 16.3. The third-order valence-corrected chi connectivity index (χ3v) is 7.87. The van der Waals surface area contributed by atoms with Crippen molar-refractivity contribution in [1.29, 1.82) is 0 Å². The van der Waals surface area contributed by atoms with Crippen LogP contribution < -0.4 is 4.72 Å². The zero-order chi connectivity index (χ0) is 18.9. The van der Waals surface area contributed by atoms with E-state index in [9.17, 15) is 16.8 Å². The molecule has 0 radical (unpaired) electrons. The van der Waals surface area contributed by atoms with Crippen molar-refractivity contribution in [3.8, 4) is 0 Å². The molecule has 3 rings (SSSR count). The summed E-state index contributed by atoms with van der Waals surface area (Å²) >= 11 is 0. The highest BCUT2D eigenvalue weighted by Crippen LogP contribution is 2.25. The molecule has 0 amide bonds. The second-order valence-electron chi connectivity index (χ2n) is 6.30. The maximum absolute atomic E-state index is 12.9. The first-order valence-electron chi connectivity index (χ1n) is 8.34. The first-order valence-corrected chi connectivity index (χ1v) is 11.3. The zero-order valence-electron chi connectivity index (χ0n) is 14.7. The van der Waals surface area contributed by atoms with E-state index in [1.165, 1.54) is 25.1 Å². The number of ether oxygens (including phenoxy) is 1. The van der Waals surface area contributed by atoms with Gasteiger partial charge in [-0.1, -0.05) is 18.2 Å². The molecule has 1 atom stereocenters. The van der Waals surface area contributed by atoms with Crippen molar-refractivity contribution in [3.05, 3.63) is 47.8 Å². The summed E-state index contributed by atoms with van der Waals surface area (Å²) in [5.74, 6) is 0. The molecule has 1 aromatic carbocycles. The van der Waals surface area contributed by atoms with Crippen molar-refractivity contribution >= 4 is 20.0 Å². The fourth-order valence-corrected chi connectivity index (χ4v) is 6.17. The Bertz CT molecular complexity index is 989. The number of nitrogens with zero attached hydrogens (tertiary/aromatic N) is 1. The smallest absolute Gasteiger partial charge is 0.268 e. The molecule has 1 aromatic heterocycles. The van der Waals surface area contributed by atoms with Crippen molar-refractivity contribution < 1.29 is 21.6 Å². The molecule has 0 unspecified atom stereocenters. The van der Waals surface area contributed by atoms with Gasteiger partial charge in [-0.2, -0.15) is 0 Å². The largest absolute Gasteiger partial charge is 0.377 e. The molecule has 0 bridgehead atoms. The monoisotopic (exact) mass is 398 g/mol. The third kappa shape index (κ3) is 3.57. The quantitative estimate of drug-likeness (QED) is 0.801. The van der Waals surface area contributed by atoms with Gasteiger partial charge in [-0.25, -0.2) is 25.5 Å². The van der Waals surface area contributed by atoms with Crippen LogP contribution >= 0.6 is 0 Å². The van der Waals surface area contributed by atoms with E-state index in [0.29, 0.717) is 12.3 Å². The van der Waals surface area contributed by atoms with Gasteiger partial charge in [0.2, 0.25) is 10.0 Å². The standard InChI is InChI=1S/C17H22N2O5S2/c1-13-11-17(25(20,21)18-12-15-7-6-10-24-15)14(2)19(13)26(22,23)16-8-4-3-5-9-16/h3-5,8-9,11,15,18H,6-7,10,12H2,1-2H3/t15-/m1/s1. The number of nitrogens with one attached hydrogen (secondary N) is 1. The van der Waals surface area contributed by atoms with Crippen LogP contribution in [0.3, 0.4) is 0 Å². The molecule has 2 heterocycles. The van der Waals surface area contributed by atoms with E-state index in [2.05, 4.69) is 4.72 Å². The Morgan fingerprint density at radius 1 is 1.15 bits per heavy atom. The molecule has 26 heavy (non-hydrogen) atoms. The summed E-state index contributed by atoms with van der Waals surface area (Å²) in [6, 6.07) is 9.33. The van der Waals surface area contributed by atoms with Gasteiger partial charge in [0.05, 0.1) is 16.7 Å². The first kappa shape index (κ1) is 19.1. The molecule has 7 nitrogen and oxygen atoms in total. The fraction of sp³-hybridized carbons (Fsp3) is 0.412. The summed E-state index contributed by atoms with van der Waals surface area (Å²) in [6.07, 6.45) is 1.58. The van der Waals surface area contributed by atoms with E-state index in [1.54, 1.807) is 25.1 Å². The predicted octanol–water partition coefficient (Wildman–Crippen LogP) is 1.80. The van der Waals surface area contributed by atoms with Crippen molar-refractivity contribution in [2.75, 3.05) is 13.2 Å². The summed E-state index contributed by atoms with van der Waals surface area (Å²) in [5, 5.41) is 0. The lowest BCUT2D eigenvalue weighted by Gasteiger charge is -2.13. The lowest BCUT2D eigenvalue weighted by Crippen LogP contribution is -2.32. The minimum Gasteiger partial charge on any atom is -0.377 e.